The number of fused-ring (bicyclic) bond motifs is 1. The lowest BCUT2D eigenvalue weighted by molar-refractivity contribution is -0.143. The summed E-state index contributed by atoms with van der Waals surface area (Å²) in [6, 6.07) is 11.4. The van der Waals surface area contributed by atoms with E-state index in [0.29, 0.717) is 19.7 Å². The van der Waals surface area contributed by atoms with Gasteiger partial charge in [-0.05, 0) is 82.1 Å². The first-order chi connectivity index (χ1) is 17.4. The van der Waals surface area contributed by atoms with Gasteiger partial charge in [0.25, 0.3) is 0 Å². The summed E-state index contributed by atoms with van der Waals surface area (Å²) in [6.45, 7) is 9.02. The first-order valence-corrected chi connectivity index (χ1v) is 13.5. The Morgan fingerprint density at radius 1 is 1.17 bits per heavy atom. The van der Waals surface area contributed by atoms with Gasteiger partial charge in [-0.3, -0.25) is 9.69 Å². The van der Waals surface area contributed by atoms with Crippen LogP contribution in [0.15, 0.2) is 36.4 Å². The molecule has 36 heavy (non-hydrogen) atoms. The number of aryl methyl sites for hydroxylation is 2. The zero-order valence-electron chi connectivity index (χ0n) is 21.9. The van der Waals surface area contributed by atoms with E-state index in [1.54, 1.807) is 0 Å². The summed E-state index contributed by atoms with van der Waals surface area (Å²) in [5.41, 5.74) is 4.21. The monoisotopic (exact) mass is 495 g/mol. The second kappa shape index (κ2) is 12.7. The smallest absolute Gasteiger partial charge is 0.325 e. The highest BCUT2D eigenvalue weighted by Crippen LogP contribution is 2.33. The number of ether oxygens (including phenoxy) is 2. The lowest BCUT2D eigenvalue weighted by Gasteiger charge is -2.28. The number of nitrogens with zero attached hydrogens (tertiary/aromatic N) is 2. The van der Waals surface area contributed by atoms with Gasteiger partial charge in [-0.1, -0.05) is 30.3 Å². The molecule has 7 heteroatoms. The summed E-state index contributed by atoms with van der Waals surface area (Å²) in [5.74, 6) is 0.229. The van der Waals surface area contributed by atoms with Crippen LogP contribution in [0.2, 0.25) is 0 Å². The van der Waals surface area contributed by atoms with Crippen molar-refractivity contribution >= 4 is 11.8 Å². The number of unbranched alkanes of at least 4 members (excludes halogenated alkanes) is 1. The molecular weight excluding hydrogens is 454 g/mol. The third-order valence-corrected chi connectivity index (χ3v) is 7.11. The minimum Gasteiger partial charge on any atom is -0.480 e. The van der Waals surface area contributed by atoms with Crippen LogP contribution in [-0.2, 0) is 27.1 Å². The Bertz CT molecular complexity index is 1010. The highest BCUT2D eigenvalue weighted by Gasteiger charge is 2.35. The highest BCUT2D eigenvalue weighted by molar-refractivity contribution is 5.76. The minimum absolute atomic E-state index is 0.0643. The van der Waals surface area contributed by atoms with Gasteiger partial charge < -0.3 is 19.9 Å². The van der Waals surface area contributed by atoms with Gasteiger partial charge in [0.15, 0.2) is 0 Å². The summed E-state index contributed by atoms with van der Waals surface area (Å²) in [5, 5.41) is 13.6. The number of rotatable bonds is 12. The Hall–Kier alpha value is -2.48. The van der Waals surface area contributed by atoms with E-state index >= 15 is 0 Å². The van der Waals surface area contributed by atoms with Crippen molar-refractivity contribution in [2.24, 2.45) is 0 Å². The van der Waals surface area contributed by atoms with Gasteiger partial charge in [-0.25, -0.2) is 4.98 Å². The molecule has 0 radical (unpaired) electrons. The van der Waals surface area contributed by atoms with Crippen LogP contribution in [0.5, 0.6) is 0 Å². The number of hydrogen-bond donors (Lipinski definition) is 2. The third-order valence-electron chi connectivity index (χ3n) is 7.11. The van der Waals surface area contributed by atoms with Crippen molar-refractivity contribution in [1.29, 1.82) is 0 Å². The maximum absolute atomic E-state index is 12.4. The van der Waals surface area contributed by atoms with Crippen LogP contribution in [0.4, 0.5) is 5.82 Å². The molecule has 3 heterocycles. The second-order valence-electron chi connectivity index (χ2n) is 10.3. The molecule has 1 aromatic heterocycles. The Kier molecular flexibility index (Phi) is 9.35. The molecule has 2 unspecified atom stereocenters. The molecule has 3 atom stereocenters. The SMILES string of the molecule is CC(C)OC(C)c1ccccc1C(C(=O)O)N1CC[C@@H](OCCCCc2ccc3c(n2)NCCC3)C1. The van der Waals surface area contributed by atoms with Crippen molar-refractivity contribution in [3.8, 4) is 0 Å². The minimum atomic E-state index is -0.827. The van der Waals surface area contributed by atoms with Gasteiger partial charge in [-0.2, -0.15) is 0 Å². The Morgan fingerprint density at radius 3 is 2.75 bits per heavy atom. The van der Waals surface area contributed by atoms with E-state index in [-0.39, 0.29) is 18.3 Å². The number of likely N-dealkylation sites (tertiary alicyclic amines) is 1. The van der Waals surface area contributed by atoms with E-state index in [1.165, 1.54) is 12.0 Å². The number of carboxylic acid groups (broad SMARTS) is 1. The third kappa shape index (κ3) is 6.84. The highest BCUT2D eigenvalue weighted by atomic mass is 16.5. The largest absolute Gasteiger partial charge is 0.480 e. The number of benzene rings is 1. The fourth-order valence-electron chi connectivity index (χ4n) is 5.39. The number of pyridine rings is 1. The molecule has 2 aromatic rings. The average Bonchev–Trinajstić information content (AvgIpc) is 3.31. The van der Waals surface area contributed by atoms with Crippen LogP contribution in [0, 0.1) is 0 Å². The summed E-state index contributed by atoms with van der Waals surface area (Å²) in [7, 11) is 0. The number of carbonyl (C=O) groups is 1. The lowest BCUT2D eigenvalue weighted by Crippen LogP contribution is -2.34. The van der Waals surface area contributed by atoms with Crippen molar-refractivity contribution in [2.45, 2.75) is 83.6 Å². The normalized spacial score (nSPS) is 19.6. The van der Waals surface area contributed by atoms with Crippen LogP contribution in [-0.4, -0.2) is 59.4 Å². The van der Waals surface area contributed by atoms with Gasteiger partial charge >= 0.3 is 5.97 Å². The molecule has 2 aliphatic heterocycles. The molecule has 1 saturated heterocycles. The van der Waals surface area contributed by atoms with Crippen LogP contribution < -0.4 is 5.32 Å². The maximum atomic E-state index is 12.4. The van der Waals surface area contributed by atoms with Crippen LogP contribution in [0.1, 0.15) is 81.0 Å². The summed E-state index contributed by atoms with van der Waals surface area (Å²) >= 11 is 0. The predicted molar refractivity (Wildman–Crippen MR) is 141 cm³/mol. The molecule has 0 aliphatic carbocycles. The predicted octanol–water partition coefficient (Wildman–Crippen LogP) is 5.17. The zero-order valence-corrected chi connectivity index (χ0v) is 21.9. The fourth-order valence-corrected chi connectivity index (χ4v) is 5.39. The molecule has 0 spiro atoms. The van der Waals surface area contributed by atoms with Gasteiger partial charge in [0, 0.05) is 31.9 Å². The van der Waals surface area contributed by atoms with Crippen LogP contribution in [0.3, 0.4) is 0 Å². The zero-order chi connectivity index (χ0) is 25.5. The quantitative estimate of drug-likeness (QED) is 0.393. The number of aromatic nitrogens is 1. The fraction of sp³-hybridized carbons (Fsp3) is 0.586. The Labute approximate surface area is 215 Å². The van der Waals surface area contributed by atoms with Crippen molar-refractivity contribution in [1.82, 2.24) is 9.88 Å². The topological polar surface area (TPSA) is 83.9 Å². The summed E-state index contributed by atoms with van der Waals surface area (Å²) < 4.78 is 12.1. The molecule has 196 valence electrons. The van der Waals surface area contributed by atoms with Crippen molar-refractivity contribution in [3.05, 3.63) is 58.8 Å². The van der Waals surface area contributed by atoms with Gasteiger partial charge in [0.1, 0.15) is 11.9 Å². The second-order valence-corrected chi connectivity index (χ2v) is 10.3. The van der Waals surface area contributed by atoms with Crippen molar-refractivity contribution < 1.29 is 19.4 Å². The van der Waals surface area contributed by atoms with Gasteiger partial charge in [-0.15, -0.1) is 0 Å². The summed E-state index contributed by atoms with van der Waals surface area (Å²) in [4.78, 5) is 19.2. The Morgan fingerprint density at radius 2 is 1.97 bits per heavy atom. The molecule has 0 saturated carbocycles. The van der Waals surface area contributed by atoms with Crippen LogP contribution >= 0.6 is 0 Å². The summed E-state index contributed by atoms with van der Waals surface area (Å²) in [6.07, 6.45) is 6.05. The van der Waals surface area contributed by atoms with Crippen molar-refractivity contribution in [3.63, 3.8) is 0 Å². The van der Waals surface area contributed by atoms with Gasteiger partial charge in [0.05, 0.1) is 18.3 Å². The molecule has 1 aromatic carbocycles. The van der Waals surface area contributed by atoms with E-state index in [2.05, 4.69) is 17.4 Å². The maximum Gasteiger partial charge on any atom is 0.325 e. The number of hydrogen-bond acceptors (Lipinski definition) is 6. The molecule has 0 bridgehead atoms. The lowest BCUT2D eigenvalue weighted by atomic mass is 9.96. The van der Waals surface area contributed by atoms with E-state index < -0.39 is 12.0 Å². The molecule has 2 aliphatic rings. The molecule has 7 nitrogen and oxygen atoms in total. The number of nitrogens with one attached hydrogen (secondary N) is 1. The van der Waals surface area contributed by atoms with E-state index in [0.717, 1.165) is 61.3 Å². The van der Waals surface area contributed by atoms with Crippen molar-refractivity contribution in [2.75, 3.05) is 31.6 Å². The number of anilines is 1. The molecule has 1 fully saturated rings. The first-order valence-electron chi connectivity index (χ1n) is 13.5. The molecule has 2 N–H and O–H groups in total. The molecule has 0 amide bonds. The molecular formula is C29H41N3O4. The number of aliphatic carboxylic acids is 1. The standard InChI is InChI=1S/C29H41N3O4/c1-20(2)36-21(3)25-11-4-5-12-26(25)27(29(33)34)32-17-15-24(19-32)35-18-7-6-10-23-14-13-22-9-8-16-30-28(22)31-23/h4-5,11-14,20-21,24,27H,6-10,15-19H2,1-3H3,(H,30,31)(H,33,34)/t21?,24-,27?/m1/s1. The van der Waals surface area contributed by atoms with E-state index in [1.807, 2.05) is 49.9 Å². The number of carboxylic acids is 1. The van der Waals surface area contributed by atoms with Crippen LogP contribution in [0.25, 0.3) is 0 Å². The van der Waals surface area contributed by atoms with Gasteiger partial charge in [0.2, 0.25) is 0 Å². The molecule has 4 rings (SSSR count). The average molecular weight is 496 g/mol. The van der Waals surface area contributed by atoms with E-state index in [9.17, 15) is 9.90 Å². The van der Waals surface area contributed by atoms with E-state index in [4.69, 9.17) is 14.5 Å². The Balaban J connectivity index is 1.26. The first kappa shape index (κ1) is 26.6.